The minimum Gasteiger partial charge on any atom is -0.349 e. The molecule has 0 aromatic carbocycles. The van der Waals surface area contributed by atoms with Crippen LogP contribution in [-0.2, 0) is 9.59 Å². The summed E-state index contributed by atoms with van der Waals surface area (Å²) in [6, 6.07) is 0. The van der Waals surface area contributed by atoms with Gasteiger partial charge in [0.05, 0.1) is 6.54 Å². The van der Waals surface area contributed by atoms with Crippen LogP contribution in [-0.4, -0.2) is 18.2 Å². The monoisotopic (exact) mass is 169 g/mol. The molecule has 0 aromatic heterocycles. The van der Waals surface area contributed by atoms with Crippen LogP contribution in [0.1, 0.15) is 20.3 Å². The number of hydrogen-bond acceptors (Lipinski definition) is 2. The van der Waals surface area contributed by atoms with Gasteiger partial charge in [0.2, 0.25) is 5.91 Å². The topological polar surface area (TPSA) is 46.2 Å². The van der Waals surface area contributed by atoms with Crippen LogP contribution < -0.4 is 5.32 Å². The van der Waals surface area contributed by atoms with E-state index in [0.717, 1.165) is 0 Å². The number of carbonyl (C=O) groups is 2. The molecule has 0 rings (SSSR count). The van der Waals surface area contributed by atoms with E-state index in [4.69, 9.17) is 0 Å². The number of carbonyl (C=O) groups excluding carboxylic acids is 2. The van der Waals surface area contributed by atoms with Gasteiger partial charge in [0.15, 0.2) is 5.78 Å². The first kappa shape index (κ1) is 10.9. The van der Waals surface area contributed by atoms with Gasteiger partial charge in [-0.25, -0.2) is 0 Å². The maximum atomic E-state index is 11.0. The quantitative estimate of drug-likeness (QED) is 0.621. The summed E-state index contributed by atoms with van der Waals surface area (Å²) in [5, 5.41) is 2.50. The maximum Gasteiger partial charge on any atom is 0.224 e. The van der Waals surface area contributed by atoms with Crippen molar-refractivity contribution in [2.24, 2.45) is 5.92 Å². The van der Waals surface area contributed by atoms with Crippen molar-refractivity contribution in [3.8, 4) is 0 Å². The lowest BCUT2D eigenvalue weighted by molar-refractivity contribution is -0.126. The van der Waals surface area contributed by atoms with Gasteiger partial charge in [-0.1, -0.05) is 19.9 Å². The molecule has 1 amide bonds. The first-order valence-electron chi connectivity index (χ1n) is 3.98. The Morgan fingerprint density at radius 1 is 1.50 bits per heavy atom. The van der Waals surface area contributed by atoms with Gasteiger partial charge in [0.25, 0.3) is 0 Å². The molecule has 0 aliphatic carbocycles. The maximum absolute atomic E-state index is 11.0. The third kappa shape index (κ3) is 4.66. The van der Waals surface area contributed by atoms with Gasteiger partial charge in [-0.2, -0.15) is 0 Å². The second kappa shape index (κ2) is 5.52. The fourth-order valence-electron chi connectivity index (χ4n) is 0.593. The number of amides is 1. The molecule has 0 saturated heterocycles. The largest absolute Gasteiger partial charge is 0.349 e. The smallest absolute Gasteiger partial charge is 0.224 e. The molecule has 0 atom stereocenters. The summed E-state index contributed by atoms with van der Waals surface area (Å²) in [5.74, 6) is -0.125. The molecule has 68 valence electrons. The lowest BCUT2D eigenvalue weighted by Crippen LogP contribution is -2.30. The average Bonchev–Trinajstić information content (AvgIpc) is 2.00. The van der Waals surface area contributed by atoms with E-state index < -0.39 is 0 Å². The van der Waals surface area contributed by atoms with Crippen LogP contribution in [0.15, 0.2) is 12.7 Å². The molecular formula is C9H15NO2. The second-order valence-electron chi connectivity index (χ2n) is 2.89. The molecule has 0 saturated carbocycles. The number of Topliss-reactive ketones (excluding diaryl/α,β-unsaturated/α-hetero) is 1. The molecule has 0 bridgehead atoms. The zero-order chi connectivity index (χ0) is 9.56. The number of hydrogen-bond donors (Lipinski definition) is 1. The SMILES string of the molecule is C=CCC(=O)NCC(=O)C(C)C. The summed E-state index contributed by atoms with van der Waals surface area (Å²) in [6.07, 6.45) is 1.78. The molecule has 0 aliphatic rings. The molecule has 0 spiro atoms. The van der Waals surface area contributed by atoms with Crippen molar-refractivity contribution in [2.45, 2.75) is 20.3 Å². The van der Waals surface area contributed by atoms with E-state index in [1.807, 2.05) is 13.8 Å². The van der Waals surface area contributed by atoms with Gasteiger partial charge >= 0.3 is 0 Å². The van der Waals surface area contributed by atoms with Gasteiger partial charge in [-0.3, -0.25) is 9.59 Å². The van der Waals surface area contributed by atoms with Crippen LogP contribution in [0.4, 0.5) is 0 Å². The Hall–Kier alpha value is -1.12. The molecule has 0 heterocycles. The van der Waals surface area contributed by atoms with E-state index in [2.05, 4.69) is 11.9 Å². The number of nitrogens with one attached hydrogen (secondary N) is 1. The zero-order valence-corrected chi connectivity index (χ0v) is 7.59. The first-order chi connectivity index (χ1) is 5.57. The Labute approximate surface area is 72.8 Å². The van der Waals surface area contributed by atoms with E-state index in [0.29, 0.717) is 0 Å². The van der Waals surface area contributed by atoms with Crippen molar-refractivity contribution < 1.29 is 9.59 Å². The molecule has 0 radical (unpaired) electrons. The highest BCUT2D eigenvalue weighted by Crippen LogP contribution is 1.92. The van der Waals surface area contributed by atoms with Gasteiger partial charge in [0.1, 0.15) is 0 Å². The summed E-state index contributed by atoms with van der Waals surface area (Å²) in [5.41, 5.74) is 0. The van der Waals surface area contributed by atoms with Crippen LogP contribution in [0.2, 0.25) is 0 Å². The van der Waals surface area contributed by atoms with Crippen LogP contribution in [0.5, 0.6) is 0 Å². The summed E-state index contributed by atoms with van der Waals surface area (Å²) in [7, 11) is 0. The summed E-state index contributed by atoms with van der Waals surface area (Å²) in [4.78, 5) is 21.8. The van der Waals surface area contributed by atoms with E-state index in [9.17, 15) is 9.59 Å². The molecule has 0 fully saturated rings. The van der Waals surface area contributed by atoms with E-state index >= 15 is 0 Å². The Kier molecular flexibility index (Phi) is 5.00. The van der Waals surface area contributed by atoms with Crippen LogP contribution >= 0.6 is 0 Å². The summed E-state index contributed by atoms with van der Waals surface area (Å²) in [6.45, 7) is 7.16. The predicted octanol–water partition coefficient (Wildman–Crippen LogP) is 0.904. The second-order valence-corrected chi connectivity index (χ2v) is 2.89. The normalized spacial score (nSPS) is 9.58. The van der Waals surface area contributed by atoms with Gasteiger partial charge in [-0.15, -0.1) is 6.58 Å². The van der Waals surface area contributed by atoms with Crippen molar-refractivity contribution in [1.29, 1.82) is 0 Å². The lowest BCUT2D eigenvalue weighted by Gasteiger charge is -2.04. The van der Waals surface area contributed by atoms with Crippen molar-refractivity contribution in [3.63, 3.8) is 0 Å². The third-order valence-electron chi connectivity index (χ3n) is 1.43. The average molecular weight is 169 g/mol. The van der Waals surface area contributed by atoms with E-state index in [-0.39, 0.29) is 30.6 Å². The molecule has 0 aromatic rings. The van der Waals surface area contributed by atoms with Crippen molar-refractivity contribution in [3.05, 3.63) is 12.7 Å². The number of ketones is 1. The van der Waals surface area contributed by atoms with Crippen LogP contribution in [0.3, 0.4) is 0 Å². The highest BCUT2D eigenvalue weighted by molar-refractivity contribution is 5.87. The van der Waals surface area contributed by atoms with E-state index in [1.165, 1.54) is 6.08 Å². The van der Waals surface area contributed by atoms with Gasteiger partial charge in [0, 0.05) is 12.3 Å². The molecule has 3 heteroatoms. The van der Waals surface area contributed by atoms with Crippen molar-refractivity contribution in [2.75, 3.05) is 6.54 Å². The lowest BCUT2D eigenvalue weighted by atomic mass is 10.1. The minimum atomic E-state index is -0.154. The van der Waals surface area contributed by atoms with Crippen molar-refractivity contribution in [1.82, 2.24) is 5.32 Å². The van der Waals surface area contributed by atoms with Crippen molar-refractivity contribution >= 4 is 11.7 Å². The highest BCUT2D eigenvalue weighted by atomic mass is 16.2. The van der Waals surface area contributed by atoms with Crippen LogP contribution in [0, 0.1) is 5.92 Å². The highest BCUT2D eigenvalue weighted by Gasteiger charge is 2.07. The fraction of sp³-hybridized carbons (Fsp3) is 0.556. The standard InChI is InChI=1S/C9H15NO2/c1-4-5-9(12)10-6-8(11)7(2)3/h4,7H,1,5-6H2,2-3H3,(H,10,12). The summed E-state index contributed by atoms with van der Waals surface area (Å²) >= 11 is 0. The summed E-state index contributed by atoms with van der Waals surface area (Å²) < 4.78 is 0. The predicted molar refractivity (Wildman–Crippen MR) is 47.7 cm³/mol. The molecule has 12 heavy (non-hydrogen) atoms. The number of rotatable bonds is 5. The van der Waals surface area contributed by atoms with Gasteiger partial charge < -0.3 is 5.32 Å². The molecule has 0 aliphatic heterocycles. The van der Waals surface area contributed by atoms with Gasteiger partial charge in [-0.05, 0) is 0 Å². The minimum absolute atomic E-state index is 0.0194. The third-order valence-corrected chi connectivity index (χ3v) is 1.43. The Balaban J connectivity index is 3.61. The molecule has 3 nitrogen and oxygen atoms in total. The van der Waals surface area contributed by atoms with E-state index in [1.54, 1.807) is 0 Å². The van der Waals surface area contributed by atoms with Crippen LogP contribution in [0.25, 0.3) is 0 Å². The first-order valence-corrected chi connectivity index (χ1v) is 3.98. The Morgan fingerprint density at radius 3 is 2.50 bits per heavy atom. The molecular weight excluding hydrogens is 154 g/mol. The molecule has 0 unspecified atom stereocenters. The fourth-order valence-corrected chi connectivity index (χ4v) is 0.593. The Bertz CT molecular complexity index is 185. The molecule has 1 N–H and O–H groups in total. The Morgan fingerprint density at radius 2 is 2.08 bits per heavy atom. The zero-order valence-electron chi connectivity index (χ0n) is 7.59.